The van der Waals surface area contributed by atoms with Crippen molar-refractivity contribution in [2.45, 2.75) is 66.1 Å². The van der Waals surface area contributed by atoms with Crippen molar-refractivity contribution in [2.75, 3.05) is 59.0 Å². The molecule has 9 rings (SSSR count). The molecule has 390 valence electrons. The van der Waals surface area contributed by atoms with Gasteiger partial charge in [-0.15, -0.1) is 0 Å². The van der Waals surface area contributed by atoms with Crippen LogP contribution in [-0.4, -0.2) is 99.6 Å². The van der Waals surface area contributed by atoms with Crippen molar-refractivity contribution in [3.05, 3.63) is 148 Å². The van der Waals surface area contributed by atoms with E-state index in [1.165, 1.54) is 21.7 Å². The number of nitrogens with zero attached hydrogens (tertiary/aromatic N) is 8. The number of piperidine rings is 1. The van der Waals surface area contributed by atoms with Crippen LogP contribution >= 0.6 is 0 Å². The van der Waals surface area contributed by atoms with Crippen LogP contribution in [0.4, 0.5) is 34.5 Å². The molecule has 2 aliphatic rings. The van der Waals surface area contributed by atoms with Gasteiger partial charge in [-0.1, -0.05) is 69.3 Å². The Morgan fingerprint density at radius 2 is 1.52 bits per heavy atom. The molecule has 0 unspecified atom stereocenters. The highest BCUT2D eigenvalue weighted by atomic mass is 32.2. The van der Waals surface area contributed by atoms with Gasteiger partial charge in [0, 0.05) is 63.5 Å². The lowest BCUT2D eigenvalue weighted by molar-refractivity contribution is -0.125. The normalized spacial score (nSPS) is 14.0. The van der Waals surface area contributed by atoms with Gasteiger partial charge >= 0.3 is 5.69 Å². The Labute approximate surface area is 435 Å². The first-order valence-electron chi connectivity index (χ1n) is 24.9. The van der Waals surface area contributed by atoms with Crippen LogP contribution in [0.25, 0.3) is 17.1 Å². The van der Waals surface area contributed by atoms with E-state index in [-0.39, 0.29) is 69.7 Å². The minimum Gasteiger partial charge on any atom is -0.508 e. The number of sulfonamides is 1. The van der Waals surface area contributed by atoms with E-state index in [0.29, 0.717) is 80.4 Å². The second-order valence-electron chi connectivity index (χ2n) is 19.1. The van der Waals surface area contributed by atoms with Gasteiger partial charge in [0.05, 0.1) is 47.2 Å². The largest absolute Gasteiger partial charge is 0.508 e. The van der Waals surface area contributed by atoms with Crippen LogP contribution in [0.2, 0.25) is 0 Å². The first kappa shape index (κ1) is 51.7. The van der Waals surface area contributed by atoms with Crippen molar-refractivity contribution in [3.63, 3.8) is 0 Å². The Kier molecular flexibility index (Phi) is 14.9. The molecule has 0 bridgehead atoms. The number of para-hydroxylation sites is 1. The van der Waals surface area contributed by atoms with E-state index in [2.05, 4.69) is 71.8 Å². The number of carbonyl (C=O) groups is 2. The van der Waals surface area contributed by atoms with Crippen LogP contribution < -0.4 is 35.2 Å². The fourth-order valence-electron chi connectivity index (χ4n) is 9.59. The molecule has 1 fully saturated rings. The Balaban J connectivity index is 0.775. The maximum atomic E-state index is 13.4. The first-order valence-corrected chi connectivity index (χ1v) is 26.8. The highest BCUT2D eigenvalue weighted by Gasteiger charge is 2.35. The Bertz CT molecular complexity index is 3410. The highest BCUT2D eigenvalue weighted by Crippen LogP contribution is 2.42. The number of benzene rings is 5. The van der Waals surface area contributed by atoms with Crippen LogP contribution in [0, 0.1) is 5.92 Å². The number of carbonyl (C=O) groups excluding carboxylic acids is 2. The maximum Gasteiger partial charge on any atom is 0.348 e. The van der Waals surface area contributed by atoms with Gasteiger partial charge in [-0.25, -0.2) is 32.2 Å². The van der Waals surface area contributed by atoms with Gasteiger partial charge in [-0.2, -0.15) is 10.1 Å². The number of phenols is 2. The van der Waals surface area contributed by atoms with E-state index < -0.39 is 15.7 Å². The van der Waals surface area contributed by atoms with Crippen LogP contribution in [0.3, 0.4) is 0 Å². The van der Waals surface area contributed by atoms with Crippen LogP contribution in [0.15, 0.2) is 114 Å². The third-order valence-electron chi connectivity index (χ3n) is 13.7. The fraction of sp³-hybridized carbons (Fsp3) is 0.309. The molecule has 0 saturated carbocycles. The molecular formula is C55H61N11O8S. The van der Waals surface area contributed by atoms with Gasteiger partial charge in [-0.05, 0) is 96.9 Å². The second-order valence-corrected chi connectivity index (χ2v) is 20.9. The number of aromatic hydroxyl groups is 2. The van der Waals surface area contributed by atoms with Gasteiger partial charge in [0.15, 0.2) is 11.6 Å². The van der Waals surface area contributed by atoms with Crippen LogP contribution in [0.5, 0.6) is 17.2 Å². The van der Waals surface area contributed by atoms with Gasteiger partial charge in [0.1, 0.15) is 22.9 Å². The summed E-state index contributed by atoms with van der Waals surface area (Å²) in [4.78, 5) is 54.8. The van der Waals surface area contributed by atoms with Crippen LogP contribution in [0.1, 0.15) is 79.1 Å². The summed E-state index contributed by atoms with van der Waals surface area (Å²) in [7, 11) is -2.38. The molecule has 19 nitrogen and oxygen atoms in total. The summed E-state index contributed by atoms with van der Waals surface area (Å²) in [6.45, 7) is 12.2. The number of ether oxygens (including phenoxy) is 1. The third-order valence-corrected chi connectivity index (χ3v) is 14.7. The van der Waals surface area contributed by atoms with E-state index in [9.17, 15) is 33.0 Å². The predicted octanol–water partition coefficient (Wildman–Crippen LogP) is 7.94. The Morgan fingerprint density at radius 3 is 2.19 bits per heavy atom. The number of phenolic OH excluding ortho intramolecular Hbond substituents is 2. The molecule has 0 radical (unpaired) electrons. The number of amides is 2. The predicted molar refractivity (Wildman–Crippen MR) is 289 cm³/mol. The molecule has 20 heteroatoms. The number of aromatic amines is 1. The van der Waals surface area contributed by atoms with Crippen molar-refractivity contribution in [1.29, 1.82) is 0 Å². The molecule has 1 saturated heterocycles. The fourth-order valence-corrected chi connectivity index (χ4v) is 10.6. The number of fused-ring (bicyclic) bond motifs is 2. The maximum absolute atomic E-state index is 13.4. The van der Waals surface area contributed by atoms with Crippen molar-refractivity contribution in [3.8, 4) is 34.3 Å². The van der Waals surface area contributed by atoms with Gasteiger partial charge in [0.2, 0.25) is 21.9 Å². The molecule has 0 spiro atoms. The van der Waals surface area contributed by atoms with E-state index in [0.717, 1.165) is 39.5 Å². The van der Waals surface area contributed by atoms with E-state index >= 15 is 0 Å². The van der Waals surface area contributed by atoms with Crippen LogP contribution in [-0.2, 0) is 34.5 Å². The number of aromatic nitrogens is 5. The summed E-state index contributed by atoms with van der Waals surface area (Å²) >= 11 is 0. The molecule has 2 aromatic heterocycles. The molecule has 7 aromatic rings. The monoisotopic (exact) mass is 1040 g/mol. The van der Waals surface area contributed by atoms with E-state index in [4.69, 9.17) is 4.74 Å². The molecule has 0 atom stereocenters. The average Bonchev–Trinajstić information content (AvgIpc) is 3.75. The number of rotatable bonds is 17. The zero-order valence-electron chi connectivity index (χ0n) is 42.7. The van der Waals surface area contributed by atoms with Gasteiger partial charge < -0.3 is 35.4 Å². The smallest absolute Gasteiger partial charge is 0.348 e. The molecular weight excluding hydrogens is 975 g/mol. The summed E-state index contributed by atoms with van der Waals surface area (Å²) in [5, 5.41) is 34.1. The summed E-state index contributed by atoms with van der Waals surface area (Å²) in [5.41, 5.74) is 6.45. The summed E-state index contributed by atoms with van der Waals surface area (Å²) in [6.07, 6.45) is 3.85. The average molecular weight is 1040 g/mol. The second kappa shape index (κ2) is 21.7. The van der Waals surface area contributed by atoms with Gasteiger partial charge in [-0.3, -0.25) is 14.5 Å². The Morgan fingerprint density at radius 1 is 0.853 bits per heavy atom. The quantitative estimate of drug-likeness (QED) is 0.0583. The summed E-state index contributed by atoms with van der Waals surface area (Å²) in [5.74, 6) is 0.219. The molecule has 75 heavy (non-hydrogen) atoms. The number of anilines is 6. The number of hydrogen-bond donors (Lipinski definition) is 5. The number of nitrogens with one attached hydrogen (secondary N) is 3. The Hall–Kier alpha value is -8.23. The van der Waals surface area contributed by atoms with Crippen molar-refractivity contribution >= 4 is 56.4 Å². The molecule has 0 aliphatic carbocycles. The molecule has 5 N–H and O–H groups in total. The first-order chi connectivity index (χ1) is 36.0. The molecule has 2 amide bonds. The summed E-state index contributed by atoms with van der Waals surface area (Å²) < 4.78 is 35.0. The topological polar surface area (TPSA) is 231 Å². The SMILES string of the molecule is CCOc1cc(N2CCC(C(=O)NCc3ccc(CN(CC)Cc4ccc(-n5c(-c6cc(C(C)C)c(O)cc6O)n[nH]c5=O)cc4)cc3)CC2)ccc1Nc1ncc2c(n1)N(S(C)(=O)=O)c1ccccc1C(=O)N2C. The highest BCUT2D eigenvalue weighted by molar-refractivity contribution is 7.92. The minimum atomic E-state index is -3.94. The zero-order chi connectivity index (χ0) is 53.1. The molecule has 5 aromatic carbocycles. The van der Waals surface area contributed by atoms with Gasteiger partial charge in [0.25, 0.3) is 5.91 Å². The van der Waals surface area contributed by atoms with E-state index in [1.807, 2.05) is 63.2 Å². The van der Waals surface area contributed by atoms with Crippen molar-refractivity contribution < 1.29 is 33.0 Å². The minimum absolute atomic E-state index is 0.0145. The standard InChI is InChI=1S/C55H61N11O8S/c1-7-63(33-37-17-19-39(20-18-37)65-50(60-61-55(65)71)43-28-42(34(3)4)47(67)29-48(43)68)32-36-15-13-35(14-16-36)30-56-52(69)38-23-25-64(26-24-38)40-21-22-44(49(27-40)74-8-2)58-54-57-31-46-51(59-54)66(75(6,72)73)45-12-10-9-11-41(45)53(70)62(46)5/h9-22,27-29,31,34,38,67-68H,7-8,23-26,30,32-33H2,1-6H3,(H,56,69)(H,61,71)(H,57,58,59). The molecule has 4 heterocycles. The summed E-state index contributed by atoms with van der Waals surface area (Å²) in [6, 6.07) is 31.1. The zero-order valence-corrected chi connectivity index (χ0v) is 43.6. The van der Waals surface area contributed by atoms with Crippen molar-refractivity contribution in [2.24, 2.45) is 5.92 Å². The number of H-pyrrole nitrogens is 1. The van der Waals surface area contributed by atoms with E-state index in [1.54, 1.807) is 37.4 Å². The number of hydrogen-bond acceptors (Lipinski definition) is 14. The lowest BCUT2D eigenvalue weighted by atomic mass is 9.95. The van der Waals surface area contributed by atoms with Crippen molar-refractivity contribution in [1.82, 2.24) is 34.9 Å². The third kappa shape index (κ3) is 11.0. The lowest BCUT2D eigenvalue weighted by Gasteiger charge is -2.33. The molecule has 2 aliphatic heterocycles. The lowest BCUT2D eigenvalue weighted by Crippen LogP contribution is -2.40.